The van der Waals surface area contributed by atoms with Gasteiger partial charge in [-0.3, -0.25) is 4.79 Å². The van der Waals surface area contributed by atoms with Gasteiger partial charge in [0, 0.05) is 5.92 Å². The molecule has 1 unspecified atom stereocenters. The quantitative estimate of drug-likeness (QED) is 0.474. The second kappa shape index (κ2) is 10.4. The Morgan fingerprint density at radius 2 is 1.49 bits per heavy atom. The van der Waals surface area contributed by atoms with Crippen LogP contribution in [0.3, 0.4) is 0 Å². The lowest BCUT2D eigenvalue weighted by molar-refractivity contribution is -0.153. The molecule has 2 aromatic carbocycles. The summed E-state index contributed by atoms with van der Waals surface area (Å²) in [5.74, 6) is -2.94. The van der Waals surface area contributed by atoms with E-state index in [2.05, 4.69) is 5.32 Å². The van der Waals surface area contributed by atoms with Crippen molar-refractivity contribution in [1.29, 1.82) is 0 Å². The highest BCUT2D eigenvalue weighted by Crippen LogP contribution is 2.44. The van der Waals surface area contributed by atoms with E-state index in [0.717, 1.165) is 22.3 Å². The van der Waals surface area contributed by atoms with Crippen LogP contribution < -0.4 is 10.6 Å². The minimum Gasteiger partial charge on any atom is -0.480 e. The molecule has 7 nitrogen and oxygen atoms in total. The maximum Gasteiger partial charge on any atom is 0.407 e. The number of benzene rings is 2. The number of rotatable bonds is 9. The van der Waals surface area contributed by atoms with E-state index < -0.39 is 42.1 Å². The molecule has 1 aliphatic carbocycles. The molecule has 0 saturated carbocycles. The van der Waals surface area contributed by atoms with E-state index in [1.807, 2.05) is 53.8 Å². The van der Waals surface area contributed by atoms with E-state index in [9.17, 15) is 32.7 Å². The predicted molar refractivity (Wildman–Crippen MR) is 122 cm³/mol. The Bertz CT molecular complexity index is 1050. The van der Waals surface area contributed by atoms with Crippen LogP contribution in [0.25, 0.3) is 11.1 Å². The van der Waals surface area contributed by atoms with Gasteiger partial charge in [0.1, 0.15) is 18.2 Å². The van der Waals surface area contributed by atoms with Gasteiger partial charge in [-0.1, -0.05) is 62.4 Å². The first-order chi connectivity index (χ1) is 16.5. The van der Waals surface area contributed by atoms with Crippen LogP contribution in [0.15, 0.2) is 48.5 Å². The Hall–Kier alpha value is -3.56. The van der Waals surface area contributed by atoms with Crippen molar-refractivity contribution >= 4 is 18.0 Å². The number of hydrogen-bond donors (Lipinski definition) is 3. The number of alkyl halides is 3. The average Bonchev–Trinajstić information content (AvgIpc) is 3.13. The molecule has 2 amide bonds. The van der Waals surface area contributed by atoms with Gasteiger partial charge in [-0.25, -0.2) is 9.59 Å². The van der Waals surface area contributed by atoms with Gasteiger partial charge in [0.05, 0.1) is 6.42 Å². The Kier molecular flexibility index (Phi) is 7.72. The van der Waals surface area contributed by atoms with Gasteiger partial charge < -0.3 is 20.5 Å². The van der Waals surface area contributed by atoms with Gasteiger partial charge in [-0.2, -0.15) is 13.2 Å². The normalized spacial score (nSPS) is 14.0. The van der Waals surface area contributed by atoms with Crippen molar-refractivity contribution in [3.8, 4) is 11.1 Å². The van der Waals surface area contributed by atoms with Crippen LogP contribution in [-0.2, 0) is 14.3 Å². The highest BCUT2D eigenvalue weighted by Gasteiger charge is 2.42. The van der Waals surface area contributed by atoms with Gasteiger partial charge in [0.15, 0.2) is 0 Å². The molecule has 3 rings (SSSR count). The summed E-state index contributed by atoms with van der Waals surface area (Å²) in [7, 11) is 0. The highest BCUT2D eigenvalue weighted by atomic mass is 19.4. The summed E-state index contributed by atoms with van der Waals surface area (Å²) in [5, 5.41) is 13.6. The van der Waals surface area contributed by atoms with Crippen LogP contribution in [0.1, 0.15) is 50.2 Å². The van der Waals surface area contributed by atoms with E-state index in [0.29, 0.717) is 0 Å². The number of nitrogens with one attached hydrogen (secondary N) is 2. The molecule has 0 heterocycles. The van der Waals surface area contributed by atoms with Gasteiger partial charge in [0.25, 0.3) is 0 Å². The zero-order chi connectivity index (χ0) is 25.8. The van der Waals surface area contributed by atoms with E-state index in [-0.39, 0.29) is 25.4 Å². The highest BCUT2D eigenvalue weighted by molar-refractivity contribution is 5.91. The summed E-state index contributed by atoms with van der Waals surface area (Å²) in [5.41, 5.74) is 2.06. The van der Waals surface area contributed by atoms with Gasteiger partial charge >= 0.3 is 18.2 Å². The topological polar surface area (TPSA) is 105 Å². The summed E-state index contributed by atoms with van der Waals surface area (Å²) in [6.45, 7) is 2.84. The molecule has 2 aromatic rings. The van der Waals surface area contributed by atoms with Crippen LogP contribution in [0, 0.1) is 0 Å². The summed E-state index contributed by atoms with van der Waals surface area (Å²) in [6.07, 6.45) is -7.76. The molecule has 3 N–H and O–H groups in total. The molecule has 0 bridgehead atoms. The van der Waals surface area contributed by atoms with Crippen molar-refractivity contribution in [2.45, 2.75) is 56.8 Å². The van der Waals surface area contributed by atoms with Gasteiger partial charge in [-0.05, 0) is 35.1 Å². The minimum absolute atomic E-state index is 0.0474. The largest absolute Gasteiger partial charge is 0.480 e. The molecule has 0 saturated heterocycles. The maximum absolute atomic E-state index is 13.1. The lowest BCUT2D eigenvalue weighted by Crippen LogP contribution is -2.59. The molecule has 1 aliphatic rings. The molecule has 0 radical (unpaired) electrons. The first-order valence-electron chi connectivity index (χ1n) is 11.2. The Balaban J connectivity index is 1.73. The summed E-state index contributed by atoms with van der Waals surface area (Å²) in [4.78, 5) is 36.8. The second-order valence-electron chi connectivity index (χ2n) is 8.43. The SMILES string of the molecule is CCC(CC)(NC(=O)C(CC(F)(F)F)NC(=O)OCC1c2ccccc2-c2ccccc21)C(=O)O. The van der Waals surface area contributed by atoms with Crippen LogP contribution in [-0.4, -0.2) is 47.4 Å². The number of carbonyl (C=O) groups is 3. The Labute approximate surface area is 200 Å². The predicted octanol–water partition coefficient (Wildman–Crippen LogP) is 4.61. The van der Waals surface area contributed by atoms with E-state index in [1.165, 1.54) is 13.8 Å². The van der Waals surface area contributed by atoms with Crippen molar-refractivity contribution in [3.05, 3.63) is 59.7 Å². The fourth-order valence-corrected chi connectivity index (χ4v) is 4.33. The molecule has 35 heavy (non-hydrogen) atoms. The lowest BCUT2D eigenvalue weighted by atomic mass is 9.92. The fraction of sp³-hybridized carbons (Fsp3) is 0.400. The number of aliphatic carboxylic acids is 1. The molecule has 0 fully saturated rings. The van der Waals surface area contributed by atoms with Crippen molar-refractivity contribution in [1.82, 2.24) is 10.6 Å². The molecule has 0 aliphatic heterocycles. The third-order valence-electron chi connectivity index (χ3n) is 6.37. The van der Waals surface area contributed by atoms with Crippen LogP contribution in [0.5, 0.6) is 0 Å². The molecular weight excluding hydrogens is 465 g/mol. The van der Waals surface area contributed by atoms with E-state index in [4.69, 9.17) is 4.74 Å². The number of hydrogen-bond acceptors (Lipinski definition) is 4. The van der Waals surface area contributed by atoms with Crippen LogP contribution in [0.2, 0.25) is 0 Å². The molecule has 10 heteroatoms. The number of fused-ring (bicyclic) bond motifs is 3. The smallest absolute Gasteiger partial charge is 0.407 e. The number of carboxylic acids is 1. The molecule has 188 valence electrons. The summed E-state index contributed by atoms with van der Waals surface area (Å²) in [6, 6.07) is 13.1. The van der Waals surface area contributed by atoms with Crippen molar-refractivity contribution < 1.29 is 37.4 Å². The van der Waals surface area contributed by atoms with E-state index >= 15 is 0 Å². The summed E-state index contributed by atoms with van der Waals surface area (Å²) >= 11 is 0. The zero-order valence-electron chi connectivity index (χ0n) is 19.3. The number of halogens is 3. The van der Waals surface area contributed by atoms with Gasteiger partial charge in [-0.15, -0.1) is 0 Å². The average molecular weight is 492 g/mol. The second-order valence-corrected chi connectivity index (χ2v) is 8.43. The Morgan fingerprint density at radius 3 is 1.94 bits per heavy atom. The minimum atomic E-state index is -4.79. The third-order valence-corrected chi connectivity index (χ3v) is 6.37. The third kappa shape index (κ3) is 5.75. The van der Waals surface area contributed by atoms with Crippen molar-refractivity contribution in [2.24, 2.45) is 0 Å². The molecular formula is C25H27F3N2O5. The first-order valence-corrected chi connectivity index (χ1v) is 11.2. The fourth-order valence-electron chi connectivity index (χ4n) is 4.33. The maximum atomic E-state index is 13.1. The zero-order valence-corrected chi connectivity index (χ0v) is 19.3. The number of alkyl carbamates (subject to hydrolysis) is 1. The monoisotopic (exact) mass is 492 g/mol. The van der Waals surface area contributed by atoms with Gasteiger partial charge in [0.2, 0.25) is 5.91 Å². The number of ether oxygens (including phenoxy) is 1. The first kappa shape index (κ1) is 26.1. The van der Waals surface area contributed by atoms with Crippen molar-refractivity contribution in [3.63, 3.8) is 0 Å². The molecule has 0 aromatic heterocycles. The standard InChI is InChI=1S/C25H27F3N2O5/c1-3-24(4-2,22(32)33)30-21(31)20(13-25(26,27)28)29-23(34)35-14-19-17-11-7-5-9-15(17)16-10-6-8-12-18(16)19/h5-12,19-20H,3-4,13-14H2,1-2H3,(H,29,34)(H,30,31)(H,32,33). The molecule has 1 atom stereocenters. The van der Waals surface area contributed by atoms with Crippen LogP contribution >= 0.6 is 0 Å². The van der Waals surface area contributed by atoms with Crippen LogP contribution in [0.4, 0.5) is 18.0 Å². The van der Waals surface area contributed by atoms with E-state index in [1.54, 1.807) is 0 Å². The summed E-state index contributed by atoms with van der Waals surface area (Å²) < 4.78 is 44.7. The number of carboxylic acid groups (broad SMARTS) is 1. The number of amides is 2. The van der Waals surface area contributed by atoms with Crippen molar-refractivity contribution in [2.75, 3.05) is 6.61 Å². The number of carbonyl (C=O) groups excluding carboxylic acids is 2. The Morgan fingerprint density at radius 1 is 0.971 bits per heavy atom. The lowest BCUT2D eigenvalue weighted by Gasteiger charge is -2.30. The molecule has 0 spiro atoms.